The van der Waals surface area contributed by atoms with Crippen LogP contribution >= 0.6 is 0 Å². The minimum atomic E-state index is -2.37. The van der Waals surface area contributed by atoms with Gasteiger partial charge in [-0.15, -0.1) is 0 Å². The van der Waals surface area contributed by atoms with Gasteiger partial charge >= 0.3 is 6.09 Å². The number of nitrogens with zero attached hydrogens (tertiary/aromatic N) is 3. The Hall–Kier alpha value is -3.30. The zero-order chi connectivity index (χ0) is 27.8. The second-order valence-electron chi connectivity index (χ2n) is 11.4. The van der Waals surface area contributed by atoms with Crippen molar-refractivity contribution >= 4 is 43.9 Å². The largest absolute Gasteiger partial charge is 0.444 e. The number of ether oxygens (including phenoxy) is 2. The first-order valence-electron chi connectivity index (χ1n) is 13.4. The molecular weight excluding hydrogens is 512 g/mol. The van der Waals surface area contributed by atoms with E-state index < -0.39 is 15.1 Å². The molecule has 2 aliphatic heterocycles. The number of rotatable bonds is 4. The van der Waals surface area contributed by atoms with Crippen molar-refractivity contribution in [3.05, 3.63) is 59.7 Å². The fraction of sp³-hybridized carbons (Fsp3) is 0.433. The minimum Gasteiger partial charge on any atom is -0.444 e. The van der Waals surface area contributed by atoms with E-state index in [1.54, 1.807) is 4.90 Å². The van der Waals surface area contributed by atoms with Crippen LogP contribution in [0.25, 0.3) is 10.9 Å². The number of anilines is 2. The molecule has 1 fully saturated rings. The summed E-state index contributed by atoms with van der Waals surface area (Å²) in [7, 11) is -2.37. The van der Waals surface area contributed by atoms with Gasteiger partial charge in [0.15, 0.2) is 0 Å². The van der Waals surface area contributed by atoms with Gasteiger partial charge in [-0.1, -0.05) is 29.8 Å². The molecule has 2 aromatic carbocycles. The number of amides is 1. The third-order valence-corrected chi connectivity index (χ3v) is 9.05. The van der Waals surface area contributed by atoms with Crippen LogP contribution in [0.5, 0.6) is 0 Å². The van der Waals surface area contributed by atoms with Gasteiger partial charge in [-0.05, 0) is 66.8 Å². The van der Waals surface area contributed by atoms with E-state index in [1.807, 2.05) is 51.1 Å². The Labute approximate surface area is 231 Å². The Kier molecular flexibility index (Phi) is 7.48. The van der Waals surface area contributed by atoms with E-state index in [2.05, 4.69) is 41.2 Å². The number of hydrogen-bond donors (Lipinski definition) is 1. The second-order valence-corrected chi connectivity index (χ2v) is 13.9. The summed E-state index contributed by atoms with van der Waals surface area (Å²) >= 11 is 0. The monoisotopic (exact) mass is 550 g/mol. The highest BCUT2D eigenvalue weighted by Crippen LogP contribution is 2.31. The van der Waals surface area contributed by atoms with E-state index in [1.165, 1.54) is 0 Å². The molecule has 208 valence electrons. The first-order chi connectivity index (χ1) is 18.5. The number of aryl methyl sites for hydroxylation is 1. The van der Waals surface area contributed by atoms with E-state index in [4.69, 9.17) is 14.5 Å². The fourth-order valence-electron chi connectivity index (χ4n) is 5.04. The molecule has 39 heavy (non-hydrogen) atoms. The van der Waals surface area contributed by atoms with Crippen molar-refractivity contribution in [3.63, 3.8) is 0 Å². The summed E-state index contributed by atoms with van der Waals surface area (Å²) in [6.45, 7) is 10.9. The van der Waals surface area contributed by atoms with Crippen molar-refractivity contribution in [2.75, 3.05) is 48.8 Å². The van der Waals surface area contributed by atoms with Gasteiger partial charge in [-0.3, -0.25) is 4.21 Å². The molecule has 0 bridgehead atoms. The number of aromatic nitrogens is 1. The van der Waals surface area contributed by atoms with E-state index in [0.29, 0.717) is 45.1 Å². The summed E-state index contributed by atoms with van der Waals surface area (Å²) in [5.74, 6) is 5.36. The number of hydrogen-bond acceptors (Lipinski definition) is 7. The molecule has 1 amide bonds. The van der Waals surface area contributed by atoms with Crippen LogP contribution in [0.3, 0.4) is 0 Å². The molecule has 2 unspecified atom stereocenters. The van der Waals surface area contributed by atoms with Gasteiger partial charge < -0.3 is 24.6 Å². The number of carbonyl (C=O) groups is 1. The van der Waals surface area contributed by atoms with E-state index in [0.717, 1.165) is 38.4 Å². The Bertz CT molecular complexity index is 1480. The molecule has 0 aliphatic carbocycles. The topological polar surface area (TPSA) is 84.0 Å². The van der Waals surface area contributed by atoms with E-state index >= 15 is 0 Å². The lowest BCUT2D eigenvalue weighted by Crippen LogP contribution is -2.49. The predicted octanol–water partition coefficient (Wildman–Crippen LogP) is 4.69. The van der Waals surface area contributed by atoms with Crippen LogP contribution in [0.15, 0.2) is 53.4 Å². The molecule has 8 nitrogen and oxygen atoms in total. The lowest BCUT2D eigenvalue weighted by Gasteiger charge is -2.34. The van der Waals surface area contributed by atoms with E-state index in [-0.39, 0.29) is 12.2 Å². The molecule has 5 rings (SSSR count). The highest BCUT2D eigenvalue weighted by Gasteiger charge is 2.28. The van der Waals surface area contributed by atoms with Crippen LogP contribution in [0.4, 0.5) is 16.3 Å². The Balaban J connectivity index is 1.39. The molecule has 3 aromatic rings. The zero-order valence-corrected chi connectivity index (χ0v) is 24.1. The van der Waals surface area contributed by atoms with Crippen molar-refractivity contribution in [2.45, 2.75) is 50.8 Å². The smallest absolute Gasteiger partial charge is 0.410 e. The highest BCUT2D eigenvalue weighted by atomic mass is 32.2. The third-order valence-electron chi connectivity index (χ3n) is 7.01. The van der Waals surface area contributed by atoms with Crippen molar-refractivity contribution in [3.8, 4) is 0 Å². The fourth-order valence-corrected chi connectivity index (χ4v) is 6.71. The number of pyridine rings is 1. The minimum absolute atomic E-state index is 0.177. The third kappa shape index (κ3) is 6.31. The van der Waals surface area contributed by atoms with Gasteiger partial charge in [-0.2, -0.15) is 0 Å². The molecule has 3 heterocycles. The molecule has 0 saturated carbocycles. The molecule has 1 aromatic heterocycles. The van der Waals surface area contributed by atoms with Gasteiger partial charge in [0, 0.05) is 54.0 Å². The van der Waals surface area contributed by atoms with Crippen LogP contribution in [0.1, 0.15) is 31.9 Å². The maximum atomic E-state index is 13.3. The molecule has 0 radical (unpaired) electrons. The Morgan fingerprint density at radius 2 is 2.00 bits per heavy atom. The summed E-state index contributed by atoms with van der Waals surface area (Å²) in [6, 6.07) is 16.2. The van der Waals surface area contributed by atoms with Crippen LogP contribution in [0, 0.1) is 6.92 Å². The van der Waals surface area contributed by atoms with Crippen molar-refractivity contribution in [1.29, 1.82) is 0 Å². The summed E-state index contributed by atoms with van der Waals surface area (Å²) in [6.07, 6.45) is -0.491. The SMILES string of the molecule is C=S1(=O)CCN(c2cc(NCC3CN(C(=O)OC(C)(C)C)CCO3)c3cc(C)ccc3n2)Cc2ccccc21. The van der Waals surface area contributed by atoms with Crippen LogP contribution < -0.4 is 10.2 Å². The average Bonchev–Trinajstić information content (AvgIpc) is 3.02. The highest BCUT2D eigenvalue weighted by molar-refractivity contribution is 8.00. The predicted molar refractivity (Wildman–Crippen MR) is 158 cm³/mol. The van der Waals surface area contributed by atoms with E-state index in [9.17, 15) is 9.00 Å². The van der Waals surface area contributed by atoms with Gasteiger partial charge in [0.05, 0.1) is 24.8 Å². The standard InChI is InChI=1S/C30H38N4O4S/c1-21-10-11-25-24(16-21)26(31-18-23-20-34(12-14-37-23)29(35)38-30(2,3)4)17-28(32-25)33-13-15-39(5,36)27-9-7-6-8-22(27)19-33/h6-11,16-17,23H,5,12-15,18-20H2,1-4H3,(H,31,32). The summed E-state index contributed by atoms with van der Waals surface area (Å²) in [5, 5.41) is 4.61. The number of nitrogens with one attached hydrogen (secondary N) is 1. The first-order valence-corrected chi connectivity index (χ1v) is 15.3. The molecule has 2 atom stereocenters. The number of fused-ring (bicyclic) bond motifs is 2. The molecule has 0 spiro atoms. The maximum absolute atomic E-state index is 13.3. The number of carbonyl (C=O) groups excluding carboxylic acids is 1. The summed E-state index contributed by atoms with van der Waals surface area (Å²) in [5.41, 5.74) is 3.46. The molecule has 1 N–H and O–H groups in total. The lowest BCUT2D eigenvalue weighted by molar-refractivity contribution is -0.0371. The van der Waals surface area contributed by atoms with Crippen molar-refractivity contribution in [2.24, 2.45) is 0 Å². The first kappa shape index (κ1) is 27.3. The number of benzene rings is 2. The lowest BCUT2D eigenvalue weighted by atomic mass is 10.1. The van der Waals surface area contributed by atoms with Crippen LogP contribution in [-0.2, 0) is 25.5 Å². The van der Waals surface area contributed by atoms with Gasteiger partial charge in [0.2, 0.25) is 0 Å². The summed E-state index contributed by atoms with van der Waals surface area (Å²) < 4.78 is 24.9. The molecular formula is C30H38N4O4S. The quantitative estimate of drug-likeness (QED) is 0.472. The maximum Gasteiger partial charge on any atom is 0.410 e. The molecule has 9 heteroatoms. The normalized spacial score (nSPS) is 21.8. The van der Waals surface area contributed by atoms with Crippen molar-refractivity contribution < 1.29 is 18.5 Å². The Morgan fingerprint density at radius 1 is 1.21 bits per heavy atom. The second kappa shape index (κ2) is 10.7. The van der Waals surface area contributed by atoms with Gasteiger partial charge in [0.1, 0.15) is 11.4 Å². The molecule has 1 saturated heterocycles. The zero-order valence-electron chi connectivity index (χ0n) is 23.2. The number of morpholine rings is 1. The van der Waals surface area contributed by atoms with Crippen LogP contribution in [-0.4, -0.2) is 76.3 Å². The van der Waals surface area contributed by atoms with Gasteiger partial charge in [-0.25, -0.2) is 9.78 Å². The van der Waals surface area contributed by atoms with Gasteiger partial charge in [0.25, 0.3) is 0 Å². The Morgan fingerprint density at radius 3 is 2.79 bits per heavy atom. The molecule has 2 aliphatic rings. The van der Waals surface area contributed by atoms with Crippen LogP contribution in [0.2, 0.25) is 0 Å². The summed E-state index contributed by atoms with van der Waals surface area (Å²) in [4.78, 5) is 22.4. The average molecular weight is 551 g/mol. The van der Waals surface area contributed by atoms with Crippen molar-refractivity contribution in [1.82, 2.24) is 9.88 Å².